The Morgan fingerprint density at radius 3 is 2.65 bits per heavy atom. The summed E-state index contributed by atoms with van der Waals surface area (Å²) in [5.41, 5.74) is 3.25. The fourth-order valence-electron chi connectivity index (χ4n) is 1.95. The molecular formula is C17H15Cl2N3O4. The molecule has 2 rings (SSSR count). The van der Waals surface area contributed by atoms with Gasteiger partial charge in [0, 0.05) is 22.7 Å². The number of nitro groups is 1. The monoisotopic (exact) mass is 395 g/mol. The van der Waals surface area contributed by atoms with E-state index in [1.54, 1.807) is 38.1 Å². The van der Waals surface area contributed by atoms with Gasteiger partial charge >= 0.3 is 0 Å². The number of halogens is 2. The lowest BCUT2D eigenvalue weighted by molar-refractivity contribution is -0.384. The summed E-state index contributed by atoms with van der Waals surface area (Å²) in [7, 11) is 0. The van der Waals surface area contributed by atoms with Gasteiger partial charge in [-0.3, -0.25) is 14.9 Å². The summed E-state index contributed by atoms with van der Waals surface area (Å²) >= 11 is 11.8. The molecule has 0 heterocycles. The zero-order chi connectivity index (χ0) is 19.3. The third kappa shape index (κ3) is 5.18. The topological polar surface area (TPSA) is 93.8 Å². The summed E-state index contributed by atoms with van der Waals surface area (Å²) in [4.78, 5) is 22.4. The highest BCUT2D eigenvalue weighted by Crippen LogP contribution is 2.28. The number of rotatable bonds is 6. The van der Waals surface area contributed by atoms with E-state index in [1.807, 2.05) is 0 Å². The van der Waals surface area contributed by atoms with Crippen LogP contribution in [0.25, 0.3) is 0 Å². The van der Waals surface area contributed by atoms with Crippen molar-refractivity contribution >= 4 is 40.5 Å². The van der Waals surface area contributed by atoms with Crippen LogP contribution in [0.4, 0.5) is 5.69 Å². The SMILES string of the molecule is C/C(=N/NC(=O)[C@@H](C)Oc1ccc(Cl)cc1Cl)c1cccc([N+](=O)[O-])c1. The van der Waals surface area contributed by atoms with Gasteiger partial charge in [-0.05, 0) is 32.0 Å². The average Bonchev–Trinajstić information content (AvgIpc) is 2.61. The van der Waals surface area contributed by atoms with Crippen molar-refractivity contribution < 1.29 is 14.5 Å². The van der Waals surface area contributed by atoms with E-state index >= 15 is 0 Å². The number of nitrogens with zero attached hydrogens (tertiary/aromatic N) is 2. The predicted octanol–water partition coefficient (Wildman–Crippen LogP) is 4.21. The number of hydrogen-bond donors (Lipinski definition) is 1. The second kappa shape index (κ2) is 8.64. The molecule has 0 bridgehead atoms. The summed E-state index contributed by atoms with van der Waals surface area (Å²) in [6, 6.07) is 10.6. The third-order valence-electron chi connectivity index (χ3n) is 3.38. The number of non-ortho nitro benzene ring substituents is 1. The van der Waals surface area contributed by atoms with E-state index in [0.717, 1.165) is 0 Å². The largest absolute Gasteiger partial charge is 0.479 e. The van der Waals surface area contributed by atoms with E-state index in [2.05, 4.69) is 10.5 Å². The van der Waals surface area contributed by atoms with Gasteiger partial charge in [-0.2, -0.15) is 5.10 Å². The fraction of sp³-hybridized carbons (Fsp3) is 0.176. The highest BCUT2D eigenvalue weighted by molar-refractivity contribution is 6.35. The van der Waals surface area contributed by atoms with Crippen LogP contribution in [-0.2, 0) is 4.79 Å². The molecule has 26 heavy (non-hydrogen) atoms. The summed E-state index contributed by atoms with van der Waals surface area (Å²) in [6.45, 7) is 3.17. The Bertz CT molecular complexity index is 871. The summed E-state index contributed by atoms with van der Waals surface area (Å²) in [5, 5.41) is 15.5. The molecule has 0 spiro atoms. The molecule has 0 aliphatic heterocycles. The van der Waals surface area contributed by atoms with Crippen molar-refractivity contribution in [3.8, 4) is 5.75 Å². The van der Waals surface area contributed by atoms with Crippen LogP contribution < -0.4 is 10.2 Å². The van der Waals surface area contributed by atoms with Crippen LogP contribution in [0.2, 0.25) is 10.0 Å². The quantitative estimate of drug-likeness (QED) is 0.450. The van der Waals surface area contributed by atoms with Gasteiger partial charge in [0.15, 0.2) is 6.10 Å². The zero-order valence-corrected chi connectivity index (χ0v) is 15.4. The van der Waals surface area contributed by atoms with Crippen LogP contribution in [0.1, 0.15) is 19.4 Å². The molecule has 1 atom stereocenters. The standard InChI is InChI=1S/C17H15Cl2N3O4/c1-10(12-4-3-5-14(8-12)22(24)25)20-21-17(23)11(2)26-16-7-6-13(18)9-15(16)19/h3-9,11H,1-2H3,(H,21,23)/b20-10-/t11-/m1/s1. The molecule has 0 saturated heterocycles. The number of ether oxygens (including phenoxy) is 1. The van der Waals surface area contributed by atoms with Gasteiger partial charge < -0.3 is 4.74 Å². The molecule has 0 aromatic heterocycles. The second-order valence-corrected chi connectivity index (χ2v) is 6.16. The molecule has 1 amide bonds. The predicted molar refractivity (Wildman–Crippen MR) is 100 cm³/mol. The van der Waals surface area contributed by atoms with Gasteiger partial charge in [-0.15, -0.1) is 0 Å². The van der Waals surface area contributed by atoms with Crippen molar-refractivity contribution in [2.24, 2.45) is 5.10 Å². The van der Waals surface area contributed by atoms with E-state index in [4.69, 9.17) is 27.9 Å². The summed E-state index contributed by atoms with van der Waals surface area (Å²) in [5.74, 6) is -0.182. The summed E-state index contributed by atoms with van der Waals surface area (Å²) in [6.07, 6.45) is -0.865. The Morgan fingerprint density at radius 1 is 1.27 bits per heavy atom. The minimum absolute atomic E-state index is 0.0579. The van der Waals surface area contributed by atoms with Crippen LogP contribution in [0.5, 0.6) is 5.75 Å². The van der Waals surface area contributed by atoms with E-state index in [0.29, 0.717) is 22.0 Å². The van der Waals surface area contributed by atoms with E-state index in [-0.39, 0.29) is 10.7 Å². The first-order chi connectivity index (χ1) is 12.3. The van der Waals surface area contributed by atoms with Crippen molar-refractivity contribution in [1.82, 2.24) is 5.43 Å². The smallest absolute Gasteiger partial charge is 0.280 e. The molecule has 0 aliphatic carbocycles. The van der Waals surface area contributed by atoms with Crippen LogP contribution >= 0.6 is 23.2 Å². The molecule has 0 fully saturated rings. The lowest BCUT2D eigenvalue weighted by Crippen LogP contribution is -2.34. The molecular weight excluding hydrogens is 381 g/mol. The van der Waals surface area contributed by atoms with Crippen molar-refractivity contribution in [2.75, 3.05) is 0 Å². The lowest BCUT2D eigenvalue weighted by atomic mass is 10.1. The Hall–Kier alpha value is -2.64. The molecule has 136 valence electrons. The average molecular weight is 396 g/mol. The van der Waals surface area contributed by atoms with Gasteiger partial charge in [0.05, 0.1) is 15.7 Å². The van der Waals surface area contributed by atoms with Crippen LogP contribution in [0.15, 0.2) is 47.6 Å². The Balaban J connectivity index is 2.03. The minimum Gasteiger partial charge on any atom is -0.479 e. The summed E-state index contributed by atoms with van der Waals surface area (Å²) < 4.78 is 5.49. The van der Waals surface area contributed by atoms with E-state index in [1.165, 1.54) is 18.2 Å². The minimum atomic E-state index is -0.865. The van der Waals surface area contributed by atoms with Crippen LogP contribution in [0, 0.1) is 10.1 Å². The van der Waals surface area contributed by atoms with Gasteiger partial charge in [-0.1, -0.05) is 35.3 Å². The molecule has 2 aromatic rings. The normalized spacial score (nSPS) is 12.4. The van der Waals surface area contributed by atoms with Crippen LogP contribution in [0.3, 0.4) is 0 Å². The number of carbonyl (C=O) groups excluding carboxylic acids is 1. The molecule has 0 saturated carbocycles. The number of nitrogens with one attached hydrogen (secondary N) is 1. The molecule has 0 radical (unpaired) electrons. The van der Waals surface area contributed by atoms with Crippen molar-refractivity contribution in [3.05, 3.63) is 68.2 Å². The Labute approximate surface area is 159 Å². The molecule has 2 aromatic carbocycles. The highest BCUT2D eigenvalue weighted by Gasteiger charge is 2.16. The Kier molecular flexibility index (Phi) is 6.54. The maximum atomic E-state index is 12.1. The first-order valence-corrected chi connectivity index (χ1v) is 8.24. The van der Waals surface area contributed by atoms with E-state index < -0.39 is 16.9 Å². The van der Waals surface area contributed by atoms with Gasteiger partial charge in [0.2, 0.25) is 0 Å². The number of hydrazone groups is 1. The Morgan fingerprint density at radius 2 is 2.00 bits per heavy atom. The maximum absolute atomic E-state index is 12.1. The molecule has 0 aliphatic rings. The number of nitro benzene ring substituents is 1. The number of carbonyl (C=O) groups is 1. The highest BCUT2D eigenvalue weighted by atomic mass is 35.5. The van der Waals surface area contributed by atoms with Crippen molar-refractivity contribution in [3.63, 3.8) is 0 Å². The van der Waals surface area contributed by atoms with Crippen molar-refractivity contribution in [2.45, 2.75) is 20.0 Å². The van der Waals surface area contributed by atoms with Crippen molar-refractivity contribution in [1.29, 1.82) is 0 Å². The molecule has 7 nitrogen and oxygen atoms in total. The van der Waals surface area contributed by atoms with Gasteiger partial charge in [0.25, 0.3) is 11.6 Å². The number of hydrogen-bond acceptors (Lipinski definition) is 5. The zero-order valence-electron chi connectivity index (χ0n) is 13.9. The molecule has 1 N–H and O–H groups in total. The first-order valence-electron chi connectivity index (χ1n) is 7.48. The third-order valence-corrected chi connectivity index (χ3v) is 3.91. The van der Waals surface area contributed by atoms with Gasteiger partial charge in [-0.25, -0.2) is 5.43 Å². The number of amides is 1. The molecule has 9 heteroatoms. The lowest BCUT2D eigenvalue weighted by Gasteiger charge is -2.14. The first kappa shape index (κ1) is 19.7. The second-order valence-electron chi connectivity index (χ2n) is 5.32. The van der Waals surface area contributed by atoms with E-state index in [9.17, 15) is 14.9 Å². The van der Waals surface area contributed by atoms with Gasteiger partial charge in [0.1, 0.15) is 5.75 Å². The fourth-order valence-corrected chi connectivity index (χ4v) is 2.41. The molecule has 0 unspecified atom stereocenters. The number of benzene rings is 2. The van der Waals surface area contributed by atoms with Crippen LogP contribution in [-0.4, -0.2) is 22.6 Å². The maximum Gasteiger partial charge on any atom is 0.280 e.